The van der Waals surface area contributed by atoms with E-state index in [0.29, 0.717) is 12.1 Å². The first-order valence-electron chi connectivity index (χ1n) is 6.77. The molecule has 0 saturated heterocycles. The zero-order valence-electron chi connectivity index (χ0n) is 10.6. The third kappa shape index (κ3) is 1.84. The normalized spacial score (nSPS) is 31.3. The number of aromatic hydroxyl groups is 1. The molecule has 0 saturated carbocycles. The molecule has 1 aromatic heterocycles. The fourth-order valence-corrected chi connectivity index (χ4v) is 2.99. The van der Waals surface area contributed by atoms with Crippen LogP contribution in [-0.4, -0.2) is 21.1 Å². The maximum Gasteiger partial charge on any atom is 0.160 e. The van der Waals surface area contributed by atoms with Crippen LogP contribution in [0.15, 0.2) is 12.2 Å². The Kier molecular flexibility index (Phi) is 2.88. The van der Waals surface area contributed by atoms with Crippen LogP contribution < -0.4 is 0 Å². The molecule has 1 aliphatic carbocycles. The minimum Gasteiger partial charge on any atom is -0.504 e. The minimum atomic E-state index is -0.937. The van der Waals surface area contributed by atoms with Gasteiger partial charge in [-0.05, 0) is 31.6 Å². The molecule has 0 bridgehead atoms. The summed E-state index contributed by atoms with van der Waals surface area (Å²) in [7, 11) is 0. The Morgan fingerprint density at radius 1 is 1.39 bits per heavy atom. The molecule has 0 radical (unpaired) electrons. The van der Waals surface area contributed by atoms with Gasteiger partial charge in [0.25, 0.3) is 0 Å². The van der Waals surface area contributed by atoms with E-state index < -0.39 is 6.17 Å². The third-order valence-electron chi connectivity index (χ3n) is 4.04. The molecular formula is C14H19FN2O. The topological polar surface area (TPSA) is 38.0 Å². The Morgan fingerprint density at radius 3 is 2.94 bits per heavy atom. The van der Waals surface area contributed by atoms with Crippen LogP contribution in [0.4, 0.5) is 4.39 Å². The summed E-state index contributed by atoms with van der Waals surface area (Å²) in [6, 6.07) is 0. The summed E-state index contributed by atoms with van der Waals surface area (Å²) in [6.45, 7) is 2.85. The third-order valence-corrected chi connectivity index (χ3v) is 4.04. The number of hydrogen-bond donors (Lipinski definition) is 1. The molecule has 1 aromatic rings. The van der Waals surface area contributed by atoms with Crippen molar-refractivity contribution < 1.29 is 9.50 Å². The monoisotopic (exact) mass is 250 g/mol. The van der Waals surface area contributed by atoms with Crippen LogP contribution in [0.3, 0.4) is 0 Å². The fourth-order valence-electron chi connectivity index (χ4n) is 2.99. The number of hydrogen-bond acceptors (Lipinski definition) is 2. The number of allylic oxidation sites excluding steroid dienone is 2. The molecule has 18 heavy (non-hydrogen) atoms. The molecule has 3 rings (SSSR count). The van der Waals surface area contributed by atoms with Crippen molar-refractivity contribution in [1.82, 2.24) is 9.78 Å². The van der Waals surface area contributed by atoms with Gasteiger partial charge in [0.05, 0.1) is 11.6 Å². The average molecular weight is 250 g/mol. The molecule has 1 N–H and O–H groups in total. The number of aryl methyl sites for hydroxylation is 1. The Balaban J connectivity index is 1.97. The lowest BCUT2D eigenvalue weighted by molar-refractivity contribution is 0.252. The van der Waals surface area contributed by atoms with Gasteiger partial charge in [0, 0.05) is 6.54 Å². The Hall–Kier alpha value is -1.32. The van der Waals surface area contributed by atoms with E-state index >= 15 is 0 Å². The largest absolute Gasteiger partial charge is 0.504 e. The summed E-state index contributed by atoms with van der Waals surface area (Å²) in [5.74, 6) is 0.122. The van der Waals surface area contributed by atoms with Crippen LogP contribution in [0.25, 0.3) is 0 Å². The highest BCUT2D eigenvalue weighted by Gasteiger charge is 2.32. The highest BCUT2D eigenvalue weighted by molar-refractivity contribution is 5.38. The van der Waals surface area contributed by atoms with E-state index in [1.165, 1.54) is 0 Å². The molecule has 2 aliphatic rings. The van der Waals surface area contributed by atoms with E-state index in [0.717, 1.165) is 31.5 Å². The number of alkyl halides is 1. The molecule has 3 unspecified atom stereocenters. The van der Waals surface area contributed by atoms with Gasteiger partial charge in [-0.3, -0.25) is 4.68 Å². The summed E-state index contributed by atoms with van der Waals surface area (Å²) in [4.78, 5) is 0. The number of halogens is 1. The molecule has 0 spiro atoms. The Labute approximate surface area is 106 Å². The first-order chi connectivity index (χ1) is 8.66. The zero-order valence-corrected chi connectivity index (χ0v) is 10.6. The fraction of sp³-hybridized carbons (Fsp3) is 0.643. The summed E-state index contributed by atoms with van der Waals surface area (Å²) in [5, 5.41) is 14.7. The van der Waals surface area contributed by atoms with Gasteiger partial charge in [-0.2, -0.15) is 5.10 Å². The van der Waals surface area contributed by atoms with E-state index in [1.54, 1.807) is 0 Å². The molecule has 98 valence electrons. The van der Waals surface area contributed by atoms with Crippen molar-refractivity contribution in [3.05, 3.63) is 23.5 Å². The lowest BCUT2D eigenvalue weighted by Gasteiger charge is -2.23. The number of fused-ring (bicyclic) bond motifs is 1. The number of aromatic nitrogens is 2. The SMILES string of the molecule is CC1C=CC(c2nn3c(c2O)CCCC3)C(F)C1. The van der Waals surface area contributed by atoms with E-state index in [2.05, 4.69) is 5.10 Å². The maximum atomic E-state index is 14.1. The van der Waals surface area contributed by atoms with Crippen molar-refractivity contribution in [3.8, 4) is 5.75 Å². The molecule has 0 fully saturated rings. The summed E-state index contributed by atoms with van der Waals surface area (Å²) in [5.41, 5.74) is 1.41. The van der Waals surface area contributed by atoms with E-state index in [1.807, 2.05) is 23.8 Å². The predicted octanol–water partition coefficient (Wildman–Crippen LogP) is 2.94. The van der Waals surface area contributed by atoms with Gasteiger partial charge in [-0.15, -0.1) is 0 Å². The molecular weight excluding hydrogens is 231 g/mol. The van der Waals surface area contributed by atoms with Crippen LogP contribution in [0, 0.1) is 5.92 Å². The smallest absolute Gasteiger partial charge is 0.160 e. The van der Waals surface area contributed by atoms with Crippen LogP contribution >= 0.6 is 0 Å². The van der Waals surface area contributed by atoms with Crippen LogP contribution in [0.2, 0.25) is 0 Å². The highest BCUT2D eigenvalue weighted by Crippen LogP contribution is 2.39. The molecule has 4 heteroatoms. The summed E-state index contributed by atoms with van der Waals surface area (Å²) < 4.78 is 16.0. The van der Waals surface area contributed by atoms with Crippen molar-refractivity contribution in [2.24, 2.45) is 5.92 Å². The quantitative estimate of drug-likeness (QED) is 0.778. The van der Waals surface area contributed by atoms with E-state index in [-0.39, 0.29) is 17.6 Å². The predicted molar refractivity (Wildman–Crippen MR) is 67.4 cm³/mol. The summed E-state index contributed by atoms with van der Waals surface area (Å²) >= 11 is 0. The van der Waals surface area contributed by atoms with Crippen LogP contribution in [-0.2, 0) is 13.0 Å². The second-order valence-electron chi connectivity index (χ2n) is 5.50. The number of nitrogens with zero attached hydrogens (tertiary/aromatic N) is 2. The molecule has 2 heterocycles. The zero-order chi connectivity index (χ0) is 12.7. The second kappa shape index (κ2) is 4.41. The maximum absolute atomic E-state index is 14.1. The summed E-state index contributed by atoms with van der Waals surface area (Å²) in [6.07, 6.45) is 6.49. The van der Waals surface area contributed by atoms with Crippen molar-refractivity contribution >= 4 is 0 Å². The molecule has 1 aliphatic heterocycles. The lowest BCUT2D eigenvalue weighted by atomic mass is 9.85. The van der Waals surface area contributed by atoms with E-state index in [4.69, 9.17) is 0 Å². The van der Waals surface area contributed by atoms with E-state index in [9.17, 15) is 9.50 Å². The first kappa shape index (κ1) is 11.8. The molecule has 0 aromatic carbocycles. The molecule has 3 nitrogen and oxygen atoms in total. The van der Waals surface area contributed by atoms with Crippen molar-refractivity contribution in [2.45, 2.75) is 51.2 Å². The van der Waals surface area contributed by atoms with Gasteiger partial charge in [0.2, 0.25) is 0 Å². The highest BCUT2D eigenvalue weighted by atomic mass is 19.1. The average Bonchev–Trinajstić information content (AvgIpc) is 2.68. The van der Waals surface area contributed by atoms with Gasteiger partial charge in [-0.1, -0.05) is 19.1 Å². The molecule has 3 atom stereocenters. The van der Waals surface area contributed by atoms with Crippen molar-refractivity contribution in [2.75, 3.05) is 0 Å². The Morgan fingerprint density at radius 2 is 2.22 bits per heavy atom. The van der Waals surface area contributed by atoms with Gasteiger partial charge in [0.15, 0.2) is 5.75 Å². The van der Waals surface area contributed by atoms with Crippen molar-refractivity contribution in [3.63, 3.8) is 0 Å². The minimum absolute atomic E-state index is 0.224. The van der Waals surface area contributed by atoms with Gasteiger partial charge in [-0.25, -0.2) is 4.39 Å². The second-order valence-corrected chi connectivity index (χ2v) is 5.50. The number of rotatable bonds is 1. The van der Waals surface area contributed by atoms with Crippen LogP contribution in [0.5, 0.6) is 5.75 Å². The standard InChI is InChI=1S/C14H19FN2O/c1-9-5-6-10(11(15)8-9)13-14(18)12-4-2-3-7-17(12)16-13/h5-6,9-11,18H,2-4,7-8H2,1H3. The Bertz CT molecular complexity index is 480. The molecule has 0 amide bonds. The van der Waals surface area contributed by atoms with Crippen molar-refractivity contribution in [1.29, 1.82) is 0 Å². The van der Waals surface area contributed by atoms with Crippen LogP contribution in [0.1, 0.15) is 43.5 Å². The lowest BCUT2D eigenvalue weighted by Crippen LogP contribution is -2.20. The van der Waals surface area contributed by atoms with Gasteiger partial charge >= 0.3 is 0 Å². The van der Waals surface area contributed by atoms with Gasteiger partial charge < -0.3 is 5.11 Å². The first-order valence-corrected chi connectivity index (χ1v) is 6.77. The van der Waals surface area contributed by atoms with Gasteiger partial charge in [0.1, 0.15) is 11.9 Å².